The third kappa shape index (κ3) is 7.85. The van der Waals surface area contributed by atoms with E-state index in [0.717, 1.165) is 53.8 Å². The van der Waals surface area contributed by atoms with Crippen molar-refractivity contribution in [3.63, 3.8) is 0 Å². The molecule has 1 fully saturated rings. The topological polar surface area (TPSA) is 86.8 Å². The van der Waals surface area contributed by atoms with E-state index in [1.165, 1.54) is 4.90 Å². The SMILES string of the molecule is Cc1ccc(N(CC(=O)N(Cc2ccc(Cl)c(Cl)c2)[C@@H](C)C(=O)NC2CCCCC2)S(C)(=O)=O)cc1C. The number of halogens is 2. The van der Waals surface area contributed by atoms with Crippen molar-refractivity contribution in [2.75, 3.05) is 17.1 Å². The second kappa shape index (κ2) is 12.5. The Balaban J connectivity index is 1.90. The molecule has 2 aromatic rings. The number of amides is 2. The Morgan fingerprint density at radius 1 is 1.00 bits per heavy atom. The Morgan fingerprint density at radius 3 is 2.27 bits per heavy atom. The van der Waals surface area contributed by atoms with Crippen LogP contribution in [0.5, 0.6) is 0 Å². The maximum Gasteiger partial charge on any atom is 0.244 e. The van der Waals surface area contributed by atoms with Crippen molar-refractivity contribution in [3.8, 4) is 0 Å². The van der Waals surface area contributed by atoms with Crippen LogP contribution in [0.25, 0.3) is 0 Å². The molecule has 1 aliphatic rings. The van der Waals surface area contributed by atoms with Crippen molar-refractivity contribution >= 4 is 50.7 Å². The number of carbonyl (C=O) groups is 2. The molecule has 0 unspecified atom stereocenters. The molecular weight excluding hydrogens is 533 g/mol. The summed E-state index contributed by atoms with van der Waals surface area (Å²) in [5.74, 6) is -0.765. The summed E-state index contributed by atoms with van der Waals surface area (Å²) in [7, 11) is -3.78. The van der Waals surface area contributed by atoms with Crippen LogP contribution in [0.3, 0.4) is 0 Å². The van der Waals surface area contributed by atoms with Gasteiger partial charge in [0.1, 0.15) is 12.6 Å². The van der Waals surface area contributed by atoms with Gasteiger partial charge in [-0.2, -0.15) is 0 Å². The highest BCUT2D eigenvalue weighted by Gasteiger charge is 2.31. The van der Waals surface area contributed by atoms with Gasteiger partial charge in [-0.15, -0.1) is 0 Å². The fraction of sp³-hybridized carbons (Fsp3) is 0.481. The highest BCUT2D eigenvalue weighted by Crippen LogP contribution is 2.25. The molecule has 7 nitrogen and oxygen atoms in total. The first-order valence-corrected chi connectivity index (χ1v) is 15.1. The molecular formula is C27H35Cl2N3O4S. The zero-order valence-electron chi connectivity index (χ0n) is 21.8. The molecule has 37 heavy (non-hydrogen) atoms. The maximum atomic E-state index is 13.7. The summed E-state index contributed by atoms with van der Waals surface area (Å²) in [6.07, 6.45) is 6.17. The molecule has 0 bridgehead atoms. The van der Waals surface area contributed by atoms with Crippen LogP contribution in [0.15, 0.2) is 36.4 Å². The van der Waals surface area contributed by atoms with Crippen molar-refractivity contribution < 1.29 is 18.0 Å². The number of aryl methyl sites for hydroxylation is 2. The lowest BCUT2D eigenvalue weighted by atomic mass is 9.95. The van der Waals surface area contributed by atoms with Crippen LogP contribution in [0.4, 0.5) is 5.69 Å². The lowest BCUT2D eigenvalue weighted by Gasteiger charge is -2.33. The number of hydrogen-bond donors (Lipinski definition) is 1. The number of nitrogens with one attached hydrogen (secondary N) is 1. The smallest absolute Gasteiger partial charge is 0.244 e. The minimum absolute atomic E-state index is 0.0690. The molecule has 2 aromatic carbocycles. The maximum absolute atomic E-state index is 13.7. The van der Waals surface area contributed by atoms with Crippen LogP contribution in [0.1, 0.15) is 55.7 Å². The molecule has 3 rings (SSSR count). The predicted octanol–water partition coefficient (Wildman–Crippen LogP) is 5.24. The first-order valence-electron chi connectivity index (χ1n) is 12.5. The molecule has 1 atom stereocenters. The number of rotatable bonds is 9. The fourth-order valence-electron chi connectivity index (χ4n) is 4.48. The third-order valence-electron chi connectivity index (χ3n) is 6.91. The van der Waals surface area contributed by atoms with Gasteiger partial charge in [0.05, 0.1) is 22.0 Å². The van der Waals surface area contributed by atoms with Gasteiger partial charge in [-0.25, -0.2) is 8.42 Å². The van der Waals surface area contributed by atoms with Crippen LogP contribution in [0, 0.1) is 13.8 Å². The van der Waals surface area contributed by atoms with E-state index in [0.29, 0.717) is 21.3 Å². The van der Waals surface area contributed by atoms with E-state index in [4.69, 9.17) is 23.2 Å². The van der Waals surface area contributed by atoms with Gasteiger partial charge in [-0.05, 0) is 74.6 Å². The van der Waals surface area contributed by atoms with E-state index < -0.39 is 28.5 Å². The van der Waals surface area contributed by atoms with Gasteiger partial charge in [-0.3, -0.25) is 13.9 Å². The minimum Gasteiger partial charge on any atom is -0.352 e. The number of hydrogen-bond acceptors (Lipinski definition) is 4. The molecule has 0 spiro atoms. The summed E-state index contributed by atoms with van der Waals surface area (Å²) in [5, 5.41) is 3.79. The van der Waals surface area contributed by atoms with Gasteiger partial charge in [0.25, 0.3) is 0 Å². The van der Waals surface area contributed by atoms with Gasteiger partial charge in [0, 0.05) is 12.6 Å². The standard InChI is InChI=1S/C27H35Cl2N3O4S/c1-18-10-12-23(14-19(18)2)32(37(4,35)36)17-26(33)31(16-21-11-13-24(28)25(29)15-21)20(3)27(34)30-22-8-6-5-7-9-22/h10-15,20,22H,5-9,16-17H2,1-4H3,(H,30,34)/t20-/m0/s1. The lowest BCUT2D eigenvalue weighted by Crippen LogP contribution is -2.53. The molecule has 0 saturated heterocycles. The lowest BCUT2D eigenvalue weighted by molar-refractivity contribution is -0.139. The first-order chi connectivity index (χ1) is 17.4. The van der Waals surface area contributed by atoms with Crippen molar-refractivity contribution in [1.82, 2.24) is 10.2 Å². The van der Waals surface area contributed by atoms with E-state index in [-0.39, 0.29) is 18.5 Å². The van der Waals surface area contributed by atoms with Crippen molar-refractivity contribution in [3.05, 3.63) is 63.1 Å². The van der Waals surface area contributed by atoms with Crippen molar-refractivity contribution in [2.24, 2.45) is 0 Å². The van der Waals surface area contributed by atoms with Crippen LogP contribution in [0.2, 0.25) is 10.0 Å². The Labute approximate surface area is 230 Å². The van der Waals surface area contributed by atoms with E-state index in [1.54, 1.807) is 37.3 Å². The van der Waals surface area contributed by atoms with E-state index >= 15 is 0 Å². The summed E-state index contributed by atoms with van der Waals surface area (Å²) in [4.78, 5) is 28.3. The van der Waals surface area contributed by atoms with Crippen LogP contribution < -0.4 is 9.62 Å². The number of sulfonamides is 1. The van der Waals surface area contributed by atoms with E-state index in [1.807, 2.05) is 19.9 Å². The summed E-state index contributed by atoms with van der Waals surface area (Å²) in [6, 6.07) is 9.50. The van der Waals surface area contributed by atoms with Crippen molar-refractivity contribution in [1.29, 1.82) is 0 Å². The molecule has 1 N–H and O–H groups in total. The third-order valence-corrected chi connectivity index (χ3v) is 8.79. The average molecular weight is 569 g/mol. The van der Waals surface area contributed by atoms with Gasteiger partial charge in [0.2, 0.25) is 21.8 Å². The summed E-state index contributed by atoms with van der Waals surface area (Å²) >= 11 is 12.3. The second-order valence-corrected chi connectivity index (χ2v) is 12.5. The summed E-state index contributed by atoms with van der Waals surface area (Å²) in [5.41, 5.74) is 2.99. The molecule has 2 amide bonds. The zero-order chi connectivity index (χ0) is 27.3. The Morgan fingerprint density at radius 2 is 1.68 bits per heavy atom. The Bertz CT molecular complexity index is 1250. The minimum atomic E-state index is -3.78. The van der Waals surface area contributed by atoms with Crippen molar-refractivity contribution in [2.45, 2.75) is 71.5 Å². The van der Waals surface area contributed by atoms with Crippen LogP contribution in [-0.2, 0) is 26.2 Å². The number of benzene rings is 2. The zero-order valence-corrected chi connectivity index (χ0v) is 24.1. The predicted molar refractivity (Wildman–Crippen MR) is 150 cm³/mol. The first kappa shape index (κ1) is 29.3. The molecule has 1 saturated carbocycles. The van der Waals surface area contributed by atoms with Gasteiger partial charge in [-0.1, -0.05) is 54.6 Å². The van der Waals surface area contributed by atoms with Gasteiger partial charge in [0.15, 0.2) is 0 Å². The Kier molecular flexibility index (Phi) is 9.89. The number of nitrogens with zero attached hydrogens (tertiary/aromatic N) is 2. The largest absolute Gasteiger partial charge is 0.352 e. The number of carbonyl (C=O) groups excluding carboxylic acids is 2. The van der Waals surface area contributed by atoms with E-state index in [9.17, 15) is 18.0 Å². The normalized spacial score (nSPS) is 15.2. The van der Waals surface area contributed by atoms with Crippen LogP contribution >= 0.6 is 23.2 Å². The van der Waals surface area contributed by atoms with Gasteiger partial charge >= 0.3 is 0 Å². The average Bonchev–Trinajstić information content (AvgIpc) is 2.84. The highest BCUT2D eigenvalue weighted by atomic mass is 35.5. The molecule has 10 heteroatoms. The molecule has 0 aliphatic heterocycles. The quantitative estimate of drug-likeness (QED) is 0.448. The monoisotopic (exact) mass is 567 g/mol. The summed E-state index contributed by atoms with van der Waals surface area (Å²) < 4.78 is 26.6. The Hall–Kier alpha value is -2.29. The summed E-state index contributed by atoms with van der Waals surface area (Å²) in [6.45, 7) is 5.10. The fourth-order valence-corrected chi connectivity index (χ4v) is 5.64. The molecule has 1 aliphatic carbocycles. The molecule has 0 radical (unpaired) electrons. The molecule has 202 valence electrons. The van der Waals surface area contributed by atoms with Crippen LogP contribution in [-0.4, -0.2) is 50.0 Å². The van der Waals surface area contributed by atoms with E-state index in [2.05, 4.69) is 5.32 Å². The molecule has 0 heterocycles. The molecule has 0 aromatic heterocycles. The number of anilines is 1. The second-order valence-electron chi connectivity index (χ2n) is 9.83. The van der Waals surface area contributed by atoms with Gasteiger partial charge < -0.3 is 10.2 Å². The highest BCUT2D eigenvalue weighted by molar-refractivity contribution is 7.92.